The van der Waals surface area contributed by atoms with Gasteiger partial charge in [0.2, 0.25) is 5.91 Å². The van der Waals surface area contributed by atoms with Crippen LogP contribution in [0.4, 0.5) is 0 Å². The predicted molar refractivity (Wildman–Crippen MR) is 121 cm³/mol. The molecule has 9 nitrogen and oxygen atoms in total. The summed E-state index contributed by atoms with van der Waals surface area (Å²) in [5, 5.41) is 12.9. The van der Waals surface area contributed by atoms with Gasteiger partial charge in [-0.2, -0.15) is 0 Å². The van der Waals surface area contributed by atoms with Crippen LogP contribution in [-0.4, -0.2) is 54.1 Å². The van der Waals surface area contributed by atoms with Crippen LogP contribution >= 0.6 is 0 Å². The lowest BCUT2D eigenvalue weighted by atomic mass is 10.1. The van der Waals surface area contributed by atoms with E-state index < -0.39 is 23.8 Å². The minimum atomic E-state index is -1.17. The highest BCUT2D eigenvalue weighted by Crippen LogP contribution is 2.33. The number of carbonyl (C=O) groups excluding carboxylic acids is 2. The summed E-state index contributed by atoms with van der Waals surface area (Å²) in [5.41, 5.74) is 8.33. The van der Waals surface area contributed by atoms with Crippen LogP contribution in [0, 0.1) is 0 Å². The molecule has 176 valence electrons. The van der Waals surface area contributed by atoms with Crippen molar-refractivity contribution in [1.82, 2.24) is 10.2 Å². The highest BCUT2D eigenvalue weighted by molar-refractivity contribution is 6.01. The molecule has 0 spiro atoms. The molecule has 9 heteroatoms. The number of ether oxygens (including phenoxy) is 2. The zero-order chi connectivity index (χ0) is 23.8. The number of methoxy groups -OCH3 is 1. The second-order valence-corrected chi connectivity index (χ2v) is 7.85. The summed E-state index contributed by atoms with van der Waals surface area (Å²) >= 11 is 0. The van der Waals surface area contributed by atoms with Crippen LogP contribution in [0.15, 0.2) is 42.5 Å². The molecule has 1 aliphatic rings. The third-order valence-electron chi connectivity index (χ3n) is 5.51. The van der Waals surface area contributed by atoms with Crippen LogP contribution in [0.1, 0.15) is 39.9 Å². The third-order valence-corrected chi connectivity index (χ3v) is 5.51. The standard InChI is InChI=1S/C24H29N3O6/c1-32-12-11-26-13-16-5-7-17(8-6-16)15-33-21-4-2-3-18-19(21)14-27(23(18)29)20(24(30)31)9-10-22(25)28/h2-8,20,26H,9-15H2,1H3,(H2,25,28)(H,30,31). The first kappa shape index (κ1) is 24.2. The average molecular weight is 456 g/mol. The number of carboxylic acid groups (broad SMARTS) is 1. The van der Waals surface area contributed by atoms with Gasteiger partial charge in [0, 0.05) is 37.7 Å². The molecule has 0 saturated carbocycles. The molecule has 0 saturated heterocycles. The number of nitrogens with two attached hydrogens (primary N) is 1. The van der Waals surface area contributed by atoms with Crippen LogP contribution in [0.3, 0.4) is 0 Å². The van der Waals surface area contributed by atoms with E-state index in [1.165, 1.54) is 4.90 Å². The Morgan fingerprint density at radius 1 is 1.18 bits per heavy atom. The van der Waals surface area contributed by atoms with Crippen LogP contribution in [0.2, 0.25) is 0 Å². The van der Waals surface area contributed by atoms with Gasteiger partial charge in [0.15, 0.2) is 0 Å². The van der Waals surface area contributed by atoms with Gasteiger partial charge in [-0.05, 0) is 29.7 Å². The molecule has 0 radical (unpaired) electrons. The first-order valence-electron chi connectivity index (χ1n) is 10.7. The van der Waals surface area contributed by atoms with E-state index in [1.54, 1.807) is 25.3 Å². The number of hydrogen-bond donors (Lipinski definition) is 3. The molecule has 0 fully saturated rings. The lowest BCUT2D eigenvalue weighted by molar-refractivity contribution is -0.142. The second-order valence-electron chi connectivity index (χ2n) is 7.85. The molecule has 0 aliphatic carbocycles. The van der Waals surface area contributed by atoms with Crippen molar-refractivity contribution in [3.63, 3.8) is 0 Å². The Morgan fingerprint density at radius 3 is 2.58 bits per heavy atom. The predicted octanol–water partition coefficient (Wildman–Crippen LogP) is 1.68. The van der Waals surface area contributed by atoms with Crippen molar-refractivity contribution in [2.75, 3.05) is 20.3 Å². The zero-order valence-corrected chi connectivity index (χ0v) is 18.6. The molecule has 2 aromatic rings. The first-order valence-corrected chi connectivity index (χ1v) is 10.7. The number of primary amides is 1. The smallest absolute Gasteiger partial charge is 0.326 e. The molecule has 1 unspecified atom stereocenters. The van der Waals surface area contributed by atoms with E-state index in [2.05, 4.69) is 5.32 Å². The van der Waals surface area contributed by atoms with E-state index in [9.17, 15) is 19.5 Å². The van der Waals surface area contributed by atoms with Crippen molar-refractivity contribution in [1.29, 1.82) is 0 Å². The maximum absolute atomic E-state index is 12.9. The van der Waals surface area contributed by atoms with Crippen molar-refractivity contribution in [3.8, 4) is 5.75 Å². The number of benzene rings is 2. The number of carboxylic acids is 1. The quantitative estimate of drug-likeness (QED) is 0.392. The summed E-state index contributed by atoms with van der Waals surface area (Å²) < 4.78 is 11.0. The van der Waals surface area contributed by atoms with E-state index in [-0.39, 0.29) is 19.4 Å². The van der Waals surface area contributed by atoms with E-state index in [4.69, 9.17) is 15.2 Å². The minimum Gasteiger partial charge on any atom is -0.489 e. The summed E-state index contributed by atoms with van der Waals surface area (Å²) in [6, 6.07) is 12.0. The Hall–Kier alpha value is -3.43. The van der Waals surface area contributed by atoms with Gasteiger partial charge in [-0.25, -0.2) is 4.79 Å². The Labute approximate surface area is 192 Å². The first-order chi connectivity index (χ1) is 15.9. The fraction of sp³-hybridized carbons (Fsp3) is 0.375. The Balaban J connectivity index is 1.64. The maximum atomic E-state index is 12.9. The summed E-state index contributed by atoms with van der Waals surface area (Å²) in [4.78, 5) is 37.0. The van der Waals surface area contributed by atoms with E-state index in [1.807, 2.05) is 24.3 Å². The molecule has 3 rings (SSSR count). The summed E-state index contributed by atoms with van der Waals surface area (Å²) in [6.07, 6.45) is -0.147. The SMILES string of the molecule is COCCNCc1ccc(COc2cccc3c2CN(C(CCC(N)=O)C(=O)O)C3=O)cc1. The van der Waals surface area contributed by atoms with Crippen molar-refractivity contribution in [3.05, 3.63) is 64.7 Å². The molecular weight excluding hydrogens is 426 g/mol. The monoisotopic (exact) mass is 455 g/mol. The Morgan fingerprint density at radius 2 is 1.91 bits per heavy atom. The number of fused-ring (bicyclic) bond motifs is 1. The molecule has 1 atom stereocenters. The summed E-state index contributed by atoms with van der Waals surface area (Å²) in [7, 11) is 1.67. The summed E-state index contributed by atoms with van der Waals surface area (Å²) in [5.74, 6) is -1.63. The fourth-order valence-electron chi connectivity index (χ4n) is 3.73. The lowest BCUT2D eigenvalue weighted by Gasteiger charge is -2.23. The number of hydrogen-bond acceptors (Lipinski definition) is 6. The Bertz CT molecular complexity index is 992. The van der Waals surface area contributed by atoms with Gasteiger partial charge in [0.1, 0.15) is 18.4 Å². The van der Waals surface area contributed by atoms with Crippen molar-refractivity contribution in [2.24, 2.45) is 5.73 Å². The minimum absolute atomic E-state index is 0.0345. The van der Waals surface area contributed by atoms with E-state index >= 15 is 0 Å². The molecule has 2 aromatic carbocycles. The van der Waals surface area contributed by atoms with Gasteiger partial charge in [-0.3, -0.25) is 9.59 Å². The van der Waals surface area contributed by atoms with Gasteiger partial charge >= 0.3 is 5.97 Å². The van der Waals surface area contributed by atoms with Crippen LogP contribution < -0.4 is 15.8 Å². The zero-order valence-electron chi connectivity index (χ0n) is 18.6. The molecule has 33 heavy (non-hydrogen) atoms. The van der Waals surface area contributed by atoms with E-state index in [0.717, 1.165) is 24.2 Å². The van der Waals surface area contributed by atoms with Gasteiger partial charge in [-0.15, -0.1) is 0 Å². The van der Waals surface area contributed by atoms with Gasteiger partial charge < -0.3 is 30.5 Å². The van der Waals surface area contributed by atoms with Gasteiger partial charge in [0.05, 0.1) is 13.2 Å². The van der Waals surface area contributed by atoms with Crippen LogP contribution in [-0.2, 0) is 34.0 Å². The van der Waals surface area contributed by atoms with Crippen molar-refractivity contribution in [2.45, 2.75) is 38.6 Å². The molecule has 1 heterocycles. The number of amides is 2. The topological polar surface area (TPSA) is 131 Å². The van der Waals surface area contributed by atoms with Gasteiger partial charge in [-0.1, -0.05) is 30.3 Å². The molecule has 1 aliphatic heterocycles. The number of nitrogens with zero attached hydrogens (tertiary/aromatic N) is 1. The number of nitrogens with one attached hydrogen (secondary N) is 1. The molecule has 4 N–H and O–H groups in total. The highest BCUT2D eigenvalue weighted by atomic mass is 16.5. The summed E-state index contributed by atoms with van der Waals surface area (Å²) in [6.45, 7) is 2.60. The van der Waals surface area contributed by atoms with Crippen molar-refractivity contribution >= 4 is 17.8 Å². The second kappa shape index (κ2) is 11.4. The maximum Gasteiger partial charge on any atom is 0.326 e. The normalized spacial score (nSPS) is 13.6. The number of rotatable bonds is 13. The average Bonchev–Trinajstić information content (AvgIpc) is 3.13. The molecular formula is C24H29N3O6. The fourth-order valence-corrected chi connectivity index (χ4v) is 3.73. The largest absolute Gasteiger partial charge is 0.489 e. The number of aliphatic carboxylic acids is 1. The number of carbonyl (C=O) groups is 3. The van der Waals surface area contributed by atoms with Crippen LogP contribution in [0.25, 0.3) is 0 Å². The van der Waals surface area contributed by atoms with Crippen LogP contribution in [0.5, 0.6) is 5.75 Å². The lowest BCUT2D eigenvalue weighted by Crippen LogP contribution is -2.42. The molecule has 0 bridgehead atoms. The van der Waals surface area contributed by atoms with Gasteiger partial charge in [0.25, 0.3) is 5.91 Å². The Kier molecular flexibility index (Phi) is 8.39. The molecule has 2 amide bonds. The molecule has 0 aromatic heterocycles. The highest BCUT2D eigenvalue weighted by Gasteiger charge is 2.37. The van der Waals surface area contributed by atoms with E-state index in [0.29, 0.717) is 30.1 Å². The van der Waals surface area contributed by atoms with Crippen molar-refractivity contribution < 1.29 is 29.0 Å². The third kappa shape index (κ3) is 6.30.